The first-order valence-electron chi connectivity index (χ1n) is 7.38. The van der Waals surface area contributed by atoms with Crippen LogP contribution in [0.15, 0.2) is 24.4 Å². The van der Waals surface area contributed by atoms with Gasteiger partial charge in [-0.15, -0.1) is 0 Å². The van der Waals surface area contributed by atoms with E-state index in [2.05, 4.69) is 10.3 Å². The number of aliphatic hydroxyl groups is 1. The molecular weight excluding hydrogens is 325 g/mol. The van der Waals surface area contributed by atoms with Crippen molar-refractivity contribution in [1.82, 2.24) is 0 Å². The second kappa shape index (κ2) is 7.04. The van der Waals surface area contributed by atoms with Crippen LogP contribution in [0.4, 0.5) is 18.9 Å². The number of fused-ring (bicyclic) bond motifs is 1. The van der Waals surface area contributed by atoms with Crippen LogP contribution in [0.25, 0.3) is 10.9 Å². The van der Waals surface area contributed by atoms with Crippen molar-refractivity contribution in [3.05, 3.63) is 35.5 Å². The number of carbonyl (C=O) groups is 1. The summed E-state index contributed by atoms with van der Waals surface area (Å²) < 4.78 is 43.5. The third kappa shape index (κ3) is 3.94. The molecule has 1 aromatic carbocycles. The number of ether oxygens (including phenoxy) is 1. The van der Waals surface area contributed by atoms with Gasteiger partial charge in [-0.05, 0) is 26.0 Å². The Kier molecular flexibility index (Phi) is 5.28. The molecule has 0 spiro atoms. The molecule has 24 heavy (non-hydrogen) atoms. The summed E-state index contributed by atoms with van der Waals surface area (Å²) in [6.45, 7) is 3.50. The lowest BCUT2D eigenvalue weighted by molar-refractivity contribution is -0.345. The number of rotatable bonds is 5. The molecule has 0 aliphatic carbocycles. The topological polar surface area (TPSA) is 72.7 Å². The second-order valence-electron chi connectivity index (χ2n) is 5.29. The minimum Gasteiger partial charge on any atom is -0.462 e. The normalized spacial score (nSPS) is 12.9. The molecule has 0 fully saturated rings. The lowest BCUT2D eigenvalue weighted by Crippen LogP contribution is -2.21. The molecule has 0 radical (unpaired) electrons. The van der Waals surface area contributed by atoms with Crippen LogP contribution in [0.3, 0.4) is 0 Å². The van der Waals surface area contributed by atoms with E-state index in [1.807, 2.05) is 0 Å². The number of halogens is 3. The molecule has 1 atom stereocenters. The Morgan fingerprint density at radius 2 is 2.12 bits per heavy atom. The molecule has 2 aromatic rings. The first-order valence-corrected chi connectivity index (χ1v) is 7.38. The van der Waals surface area contributed by atoms with Gasteiger partial charge in [0.1, 0.15) is 5.56 Å². The van der Waals surface area contributed by atoms with E-state index in [1.54, 1.807) is 13.8 Å². The Hall–Kier alpha value is -2.35. The van der Waals surface area contributed by atoms with Crippen molar-refractivity contribution in [1.29, 1.82) is 0 Å². The van der Waals surface area contributed by atoms with E-state index in [0.717, 1.165) is 12.1 Å². The van der Waals surface area contributed by atoms with Crippen molar-refractivity contribution in [3.63, 3.8) is 0 Å². The maximum atomic E-state index is 12.8. The van der Waals surface area contributed by atoms with E-state index in [0.29, 0.717) is 11.1 Å². The summed E-state index contributed by atoms with van der Waals surface area (Å²) in [6.07, 6.45) is -3.87. The van der Waals surface area contributed by atoms with Crippen molar-refractivity contribution in [2.45, 2.75) is 26.1 Å². The minimum atomic E-state index is -4.46. The van der Waals surface area contributed by atoms with Gasteiger partial charge in [-0.2, -0.15) is 13.2 Å². The first kappa shape index (κ1) is 18.0. The summed E-state index contributed by atoms with van der Waals surface area (Å²) >= 11 is 0. The van der Waals surface area contributed by atoms with Crippen LogP contribution in [0.5, 0.6) is 0 Å². The zero-order chi connectivity index (χ0) is 17.9. The van der Waals surface area contributed by atoms with E-state index in [9.17, 15) is 23.1 Å². The smallest absolute Gasteiger partial charge is 0.416 e. The number of anilines is 1. The van der Waals surface area contributed by atoms with Crippen molar-refractivity contribution < 1.29 is 32.8 Å². The van der Waals surface area contributed by atoms with Crippen LogP contribution in [-0.2, 0) is 10.9 Å². The third-order valence-corrected chi connectivity index (χ3v) is 3.33. The number of benzene rings is 1. The summed E-state index contributed by atoms with van der Waals surface area (Å²) in [5.74, 6) is -0.608. The molecule has 8 heteroatoms. The third-order valence-electron chi connectivity index (χ3n) is 3.33. The van der Waals surface area contributed by atoms with Gasteiger partial charge in [0.05, 0.1) is 29.3 Å². The molecular formula is C16H18F3N2O3+. The summed E-state index contributed by atoms with van der Waals surface area (Å²) in [5, 5.41) is 12.7. The minimum absolute atomic E-state index is 0.131. The van der Waals surface area contributed by atoms with Gasteiger partial charge >= 0.3 is 12.1 Å². The number of aliphatic hydroxyl groups excluding tert-OH is 1. The number of pyridine rings is 1. The molecule has 0 amide bonds. The highest BCUT2D eigenvalue weighted by molar-refractivity contribution is 6.03. The van der Waals surface area contributed by atoms with Gasteiger partial charge in [0.15, 0.2) is 6.20 Å². The second-order valence-corrected chi connectivity index (χ2v) is 5.29. The zero-order valence-electron chi connectivity index (χ0n) is 13.2. The van der Waals surface area contributed by atoms with Crippen LogP contribution >= 0.6 is 0 Å². The van der Waals surface area contributed by atoms with E-state index in [1.165, 1.54) is 12.3 Å². The summed E-state index contributed by atoms with van der Waals surface area (Å²) in [4.78, 5) is 14.8. The average Bonchev–Trinajstić information content (AvgIpc) is 2.51. The van der Waals surface area contributed by atoms with Gasteiger partial charge in [-0.1, -0.05) is 0 Å². The predicted octanol–water partition coefficient (Wildman–Crippen LogP) is 2.64. The maximum absolute atomic E-state index is 12.8. The molecule has 1 aromatic heterocycles. The Morgan fingerprint density at radius 1 is 1.42 bits per heavy atom. The SMILES string of the molecule is CCOC(=O)c1c[nH+]c2cc(C(F)(F)F)ccc2c1NC[C@@H](C)O. The number of aromatic nitrogens is 1. The fourth-order valence-corrected chi connectivity index (χ4v) is 2.24. The molecule has 0 aliphatic rings. The standard InChI is InChI=1S/C16H17F3N2O3/c1-3-24-15(23)12-8-20-13-6-10(16(17,18)19)4-5-11(13)14(12)21-7-9(2)22/h4-6,8-9,22H,3,7H2,1-2H3,(H,20,21)/p+1/t9-/m1/s1. The molecule has 130 valence electrons. The molecule has 3 N–H and O–H groups in total. The van der Waals surface area contributed by atoms with E-state index in [4.69, 9.17) is 4.74 Å². The lowest BCUT2D eigenvalue weighted by Gasteiger charge is -2.14. The van der Waals surface area contributed by atoms with Gasteiger partial charge < -0.3 is 15.2 Å². The molecule has 0 aliphatic heterocycles. The zero-order valence-corrected chi connectivity index (χ0v) is 13.2. The average molecular weight is 343 g/mol. The number of aromatic amines is 1. The number of carbonyl (C=O) groups excluding carboxylic acids is 1. The molecule has 5 nitrogen and oxygen atoms in total. The molecule has 0 saturated carbocycles. The highest BCUT2D eigenvalue weighted by Crippen LogP contribution is 2.33. The number of hydrogen-bond acceptors (Lipinski definition) is 4. The number of hydrogen-bond donors (Lipinski definition) is 2. The van der Waals surface area contributed by atoms with Crippen LogP contribution in [0, 0.1) is 0 Å². The highest BCUT2D eigenvalue weighted by Gasteiger charge is 2.32. The molecule has 1 heterocycles. The Morgan fingerprint density at radius 3 is 2.71 bits per heavy atom. The lowest BCUT2D eigenvalue weighted by atomic mass is 10.1. The van der Waals surface area contributed by atoms with Gasteiger partial charge in [-0.25, -0.2) is 9.78 Å². The van der Waals surface area contributed by atoms with Crippen molar-refractivity contribution >= 4 is 22.6 Å². The van der Waals surface area contributed by atoms with E-state index >= 15 is 0 Å². The predicted molar refractivity (Wildman–Crippen MR) is 81.6 cm³/mol. The fourth-order valence-electron chi connectivity index (χ4n) is 2.24. The molecule has 2 rings (SSSR count). The van der Waals surface area contributed by atoms with Crippen molar-refractivity contribution in [2.75, 3.05) is 18.5 Å². The summed E-state index contributed by atoms with van der Waals surface area (Å²) in [6, 6.07) is 3.19. The molecule has 0 unspecified atom stereocenters. The van der Waals surface area contributed by atoms with Gasteiger partial charge in [0, 0.05) is 12.6 Å². The van der Waals surface area contributed by atoms with Crippen LogP contribution < -0.4 is 10.3 Å². The molecule has 0 bridgehead atoms. The number of nitrogens with one attached hydrogen (secondary N) is 2. The fraction of sp³-hybridized carbons (Fsp3) is 0.375. The summed E-state index contributed by atoms with van der Waals surface area (Å²) in [7, 11) is 0. The summed E-state index contributed by atoms with van der Waals surface area (Å²) in [5.41, 5.74) is -0.107. The van der Waals surface area contributed by atoms with Crippen molar-refractivity contribution in [3.8, 4) is 0 Å². The first-order chi connectivity index (χ1) is 11.2. The van der Waals surface area contributed by atoms with Crippen LogP contribution in [-0.4, -0.2) is 30.3 Å². The van der Waals surface area contributed by atoms with Gasteiger partial charge in [-0.3, -0.25) is 0 Å². The van der Waals surface area contributed by atoms with E-state index in [-0.39, 0.29) is 24.2 Å². The Labute approximate surface area is 136 Å². The van der Waals surface area contributed by atoms with E-state index < -0.39 is 23.8 Å². The maximum Gasteiger partial charge on any atom is 0.416 e. The Balaban J connectivity index is 2.58. The molecule has 0 saturated heterocycles. The van der Waals surface area contributed by atoms with Crippen LogP contribution in [0.2, 0.25) is 0 Å². The van der Waals surface area contributed by atoms with Gasteiger partial charge in [0.25, 0.3) is 0 Å². The largest absolute Gasteiger partial charge is 0.462 e. The number of alkyl halides is 3. The quantitative estimate of drug-likeness (QED) is 0.819. The number of H-pyrrole nitrogens is 1. The monoisotopic (exact) mass is 343 g/mol. The number of esters is 1. The van der Waals surface area contributed by atoms with Gasteiger partial charge in [0.2, 0.25) is 5.52 Å². The van der Waals surface area contributed by atoms with Crippen molar-refractivity contribution in [2.24, 2.45) is 0 Å². The Bertz CT molecular complexity index is 745. The van der Waals surface area contributed by atoms with Crippen LogP contribution in [0.1, 0.15) is 29.8 Å². The highest BCUT2D eigenvalue weighted by atomic mass is 19.4.